The first-order valence-corrected chi connectivity index (χ1v) is 6.51. The summed E-state index contributed by atoms with van der Waals surface area (Å²) >= 11 is 0. The molecule has 1 amide bonds. The van der Waals surface area contributed by atoms with Crippen LogP contribution in [0, 0.1) is 0 Å². The molecule has 0 fully saturated rings. The first kappa shape index (κ1) is 15.6. The number of carbonyl (C=O) groups excluding carboxylic acids is 1. The van der Waals surface area contributed by atoms with E-state index in [2.05, 4.69) is 17.2 Å². The molecular formula is C14H23N3O2. The Morgan fingerprint density at radius 2 is 2.16 bits per heavy atom. The number of nitrogens with one attached hydrogen (secondary N) is 1. The third kappa shape index (κ3) is 5.81. The standard InChI is InChI=1S/C14H23N3O2/c1-12(13-5-8-15-9-6-13)17(2)11-14(18)16-7-4-10-19-3/h5-6,8-9,12H,4,7,10-11H2,1-3H3,(H,16,18)/t12-/m0/s1. The van der Waals surface area contributed by atoms with Crippen molar-refractivity contribution in [2.24, 2.45) is 0 Å². The minimum absolute atomic E-state index is 0.0412. The van der Waals surface area contributed by atoms with E-state index in [4.69, 9.17) is 4.74 Å². The Balaban J connectivity index is 2.33. The lowest BCUT2D eigenvalue weighted by atomic mass is 10.1. The molecule has 0 unspecified atom stereocenters. The molecule has 0 aliphatic rings. The fourth-order valence-electron chi connectivity index (χ4n) is 1.76. The van der Waals surface area contributed by atoms with Crippen LogP contribution in [-0.4, -0.2) is 49.6 Å². The molecule has 0 radical (unpaired) electrons. The fraction of sp³-hybridized carbons (Fsp3) is 0.571. The van der Waals surface area contributed by atoms with Crippen molar-refractivity contribution < 1.29 is 9.53 Å². The van der Waals surface area contributed by atoms with Crippen molar-refractivity contribution in [3.05, 3.63) is 30.1 Å². The van der Waals surface area contributed by atoms with Crippen LogP contribution in [0.3, 0.4) is 0 Å². The van der Waals surface area contributed by atoms with Gasteiger partial charge in [-0.05, 0) is 38.1 Å². The highest BCUT2D eigenvalue weighted by Gasteiger charge is 2.14. The Labute approximate surface area is 115 Å². The highest BCUT2D eigenvalue weighted by molar-refractivity contribution is 5.77. The van der Waals surface area contributed by atoms with Gasteiger partial charge in [0.1, 0.15) is 0 Å². The molecule has 0 saturated heterocycles. The molecule has 0 bridgehead atoms. The van der Waals surface area contributed by atoms with Crippen LogP contribution in [-0.2, 0) is 9.53 Å². The quantitative estimate of drug-likeness (QED) is 0.718. The molecule has 19 heavy (non-hydrogen) atoms. The van der Waals surface area contributed by atoms with Crippen LogP contribution in [0.5, 0.6) is 0 Å². The minimum atomic E-state index is 0.0412. The van der Waals surface area contributed by atoms with Crippen LogP contribution >= 0.6 is 0 Å². The Morgan fingerprint density at radius 3 is 2.79 bits per heavy atom. The van der Waals surface area contributed by atoms with Crippen molar-refractivity contribution in [2.75, 3.05) is 33.9 Å². The maximum absolute atomic E-state index is 11.7. The Morgan fingerprint density at radius 1 is 1.47 bits per heavy atom. The first-order valence-electron chi connectivity index (χ1n) is 6.51. The van der Waals surface area contributed by atoms with Gasteiger partial charge in [-0.1, -0.05) is 0 Å². The zero-order chi connectivity index (χ0) is 14.1. The van der Waals surface area contributed by atoms with Crippen molar-refractivity contribution in [1.82, 2.24) is 15.2 Å². The van der Waals surface area contributed by atoms with E-state index in [1.807, 2.05) is 24.1 Å². The zero-order valence-corrected chi connectivity index (χ0v) is 11.9. The van der Waals surface area contributed by atoms with Gasteiger partial charge in [-0.15, -0.1) is 0 Å². The van der Waals surface area contributed by atoms with E-state index in [9.17, 15) is 4.79 Å². The molecule has 0 aliphatic heterocycles. The summed E-state index contributed by atoms with van der Waals surface area (Å²) in [5.74, 6) is 0.0412. The number of ether oxygens (including phenoxy) is 1. The third-order valence-corrected chi connectivity index (χ3v) is 3.09. The molecule has 106 valence electrons. The molecule has 0 spiro atoms. The number of pyridine rings is 1. The van der Waals surface area contributed by atoms with E-state index in [1.54, 1.807) is 19.5 Å². The minimum Gasteiger partial charge on any atom is -0.385 e. The predicted molar refractivity (Wildman–Crippen MR) is 74.8 cm³/mol. The summed E-state index contributed by atoms with van der Waals surface area (Å²) in [6.07, 6.45) is 4.38. The van der Waals surface area contributed by atoms with Crippen LogP contribution in [0.4, 0.5) is 0 Å². The lowest BCUT2D eigenvalue weighted by Gasteiger charge is -2.24. The maximum atomic E-state index is 11.7. The lowest BCUT2D eigenvalue weighted by molar-refractivity contribution is -0.122. The number of aromatic nitrogens is 1. The summed E-state index contributed by atoms with van der Waals surface area (Å²) in [6.45, 7) is 3.79. The Bertz CT molecular complexity index is 370. The number of amides is 1. The molecule has 0 saturated carbocycles. The van der Waals surface area contributed by atoms with Gasteiger partial charge in [0.2, 0.25) is 5.91 Å². The van der Waals surface area contributed by atoms with Gasteiger partial charge in [0.15, 0.2) is 0 Å². The average Bonchev–Trinajstić information content (AvgIpc) is 2.43. The molecule has 0 aliphatic carbocycles. The van der Waals surface area contributed by atoms with E-state index < -0.39 is 0 Å². The van der Waals surface area contributed by atoms with Crippen molar-refractivity contribution in [3.63, 3.8) is 0 Å². The molecule has 1 heterocycles. The second kappa shape index (κ2) is 8.61. The van der Waals surface area contributed by atoms with E-state index in [0.29, 0.717) is 19.7 Å². The summed E-state index contributed by atoms with van der Waals surface area (Å²) in [5.41, 5.74) is 1.16. The molecule has 0 aromatic carbocycles. The van der Waals surface area contributed by atoms with Crippen molar-refractivity contribution in [1.29, 1.82) is 0 Å². The summed E-state index contributed by atoms with van der Waals surface area (Å²) in [5, 5.41) is 2.88. The molecule has 1 rings (SSSR count). The van der Waals surface area contributed by atoms with Gasteiger partial charge in [0, 0.05) is 38.7 Å². The van der Waals surface area contributed by atoms with Gasteiger partial charge in [-0.25, -0.2) is 0 Å². The van der Waals surface area contributed by atoms with Crippen LogP contribution in [0.25, 0.3) is 0 Å². The number of hydrogen-bond acceptors (Lipinski definition) is 4. The fourth-order valence-corrected chi connectivity index (χ4v) is 1.76. The molecule has 5 nitrogen and oxygen atoms in total. The van der Waals surface area contributed by atoms with Crippen LogP contribution in [0.2, 0.25) is 0 Å². The number of rotatable bonds is 8. The third-order valence-electron chi connectivity index (χ3n) is 3.09. The predicted octanol–water partition coefficient (Wildman–Crippen LogP) is 1.23. The second-order valence-corrected chi connectivity index (χ2v) is 4.57. The van der Waals surface area contributed by atoms with Gasteiger partial charge < -0.3 is 10.1 Å². The Kier molecular flexibility index (Phi) is 7.07. The number of likely N-dealkylation sites (N-methyl/N-ethyl adjacent to an activating group) is 1. The van der Waals surface area contributed by atoms with Crippen LogP contribution < -0.4 is 5.32 Å². The number of methoxy groups -OCH3 is 1. The first-order chi connectivity index (χ1) is 9.15. The normalized spacial score (nSPS) is 12.4. The molecule has 5 heteroatoms. The van der Waals surface area contributed by atoms with Crippen molar-refractivity contribution in [2.45, 2.75) is 19.4 Å². The molecule has 1 atom stereocenters. The van der Waals surface area contributed by atoms with E-state index >= 15 is 0 Å². The zero-order valence-electron chi connectivity index (χ0n) is 11.9. The van der Waals surface area contributed by atoms with Crippen molar-refractivity contribution in [3.8, 4) is 0 Å². The van der Waals surface area contributed by atoms with E-state index in [1.165, 1.54) is 0 Å². The highest BCUT2D eigenvalue weighted by atomic mass is 16.5. The SMILES string of the molecule is COCCCNC(=O)CN(C)[C@@H](C)c1ccncc1. The smallest absolute Gasteiger partial charge is 0.234 e. The summed E-state index contributed by atoms with van der Waals surface area (Å²) < 4.78 is 4.93. The molecule has 1 N–H and O–H groups in total. The van der Waals surface area contributed by atoms with Gasteiger partial charge in [-0.3, -0.25) is 14.7 Å². The monoisotopic (exact) mass is 265 g/mol. The van der Waals surface area contributed by atoms with Crippen LogP contribution in [0.15, 0.2) is 24.5 Å². The number of carbonyl (C=O) groups is 1. The van der Waals surface area contributed by atoms with Crippen LogP contribution in [0.1, 0.15) is 24.9 Å². The summed E-state index contributed by atoms with van der Waals surface area (Å²) in [4.78, 5) is 17.8. The largest absolute Gasteiger partial charge is 0.385 e. The van der Waals surface area contributed by atoms with Gasteiger partial charge in [-0.2, -0.15) is 0 Å². The maximum Gasteiger partial charge on any atom is 0.234 e. The molecular weight excluding hydrogens is 242 g/mol. The number of hydrogen-bond donors (Lipinski definition) is 1. The van der Waals surface area contributed by atoms with Crippen molar-refractivity contribution >= 4 is 5.91 Å². The van der Waals surface area contributed by atoms with E-state index in [-0.39, 0.29) is 11.9 Å². The van der Waals surface area contributed by atoms with E-state index in [0.717, 1.165) is 12.0 Å². The van der Waals surface area contributed by atoms with Gasteiger partial charge in [0.25, 0.3) is 0 Å². The molecule has 1 aromatic rings. The Hall–Kier alpha value is -1.46. The molecule has 1 aromatic heterocycles. The van der Waals surface area contributed by atoms with Gasteiger partial charge in [0.05, 0.1) is 6.54 Å². The topological polar surface area (TPSA) is 54.5 Å². The summed E-state index contributed by atoms with van der Waals surface area (Å²) in [7, 11) is 3.60. The summed E-state index contributed by atoms with van der Waals surface area (Å²) in [6, 6.07) is 4.13. The second-order valence-electron chi connectivity index (χ2n) is 4.57. The number of nitrogens with zero attached hydrogens (tertiary/aromatic N) is 2. The average molecular weight is 265 g/mol. The lowest BCUT2D eigenvalue weighted by Crippen LogP contribution is -2.37. The van der Waals surface area contributed by atoms with Gasteiger partial charge >= 0.3 is 0 Å². The highest BCUT2D eigenvalue weighted by Crippen LogP contribution is 2.16.